The van der Waals surface area contributed by atoms with Crippen LogP contribution in [0, 0.1) is 0 Å². The molecule has 1 aromatic rings. The molecule has 0 atom stereocenters. The van der Waals surface area contributed by atoms with Crippen molar-refractivity contribution in [1.82, 2.24) is 0 Å². The van der Waals surface area contributed by atoms with E-state index in [2.05, 4.69) is 13.2 Å². The lowest BCUT2D eigenvalue weighted by molar-refractivity contribution is 0.352. The lowest BCUT2D eigenvalue weighted by atomic mass is 10.1. The van der Waals surface area contributed by atoms with Crippen LogP contribution in [0.1, 0.15) is 11.1 Å². The Kier molecular flexibility index (Phi) is 5.54. The van der Waals surface area contributed by atoms with E-state index >= 15 is 0 Å². The fourth-order valence-electron chi connectivity index (χ4n) is 0.883. The van der Waals surface area contributed by atoms with Gasteiger partial charge in [-0.3, -0.25) is 8.42 Å². The average Bonchev–Trinajstić information content (AvgIpc) is 2.15. The predicted molar refractivity (Wildman–Crippen MR) is 57.1 cm³/mol. The fraction of sp³-hybridized carbons (Fsp3) is 0. The first kappa shape index (κ1) is 13.6. The molecule has 0 bridgehead atoms. The van der Waals surface area contributed by atoms with Gasteiger partial charge in [0.05, 0.1) is 0 Å². The molecule has 82 valence electrons. The van der Waals surface area contributed by atoms with Crippen molar-refractivity contribution in [1.29, 1.82) is 0 Å². The van der Waals surface area contributed by atoms with E-state index in [-0.39, 0.29) is 0 Å². The van der Waals surface area contributed by atoms with Crippen LogP contribution in [0.4, 0.5) is 0 Å². The van der Waals surface area contributed by atoms with Crippen LogP contribution in [-0.2, 0) is 10.4 Å². The molecule has 0 saturated heterocycles. The van der Waals surface area contributed by atoms with E-state index in [4.69, 9.17) is 17.5 Å². The van der Waals surface area contributed by atoms with Gasteiger partial charge in [0.15, 0.2) is 0 Å². The molecule has 0 saturated carbocycles. The quantitative estimate of drug-likeness (QED) is 0.567. The Bertz CT molecular complexity index is 399. The van der Waals surface area contributed by atoms with Crippen LogP contribution in [0.2, 0.25) is 0 Å². The van der Waals surface area contributed by atoms with Crippen LogP contribution >= 0.6 is 0 Å². The van der Waals surface area contributed by atoms with Gasteiger partial charge in [-0.05, 0) is 11.1 Å². The Morgan fingerprint density at radius 2 is 1.27 bits per heavy atom. The van der Waals surface area contributed by atoms with Crippen LogP contribution in [0.5, 0.6) is 0 Å². The Morgan fingerprint density at radius 3 is 1.47 bits per heavy atom. The van der Waals surface area contributed by atoms with Gasteiger partial charge in [-0.25, -0.2) is 0 Å². The molecule has 0 spiro atoms. The molecule has 0 N–H and O–H groups in total. The Labute approximate surface area is 89.1 Å². The van der Waals surface area contributed by atoms with E-state index in [9.17, 15) is 0 Å². The maximum atomic E-state index is 8.52. The summed E-state index contributed by atoms with van der Waals surface area (Å²) in [6.07, 6.45) is 3.66. The van der Waals surface area contributed by atoms with E-state index in [1.165, 1.54) is 0 Å². The second-order valence-corrected chi connectivity index (χ2v) is 3.26. The van der Waals surface area contributed by atoms with Crippen LogP contribution in [0.15, 0.2) is 37.4 Å². The summed E-state index contributed by atoms with van der Waals surface area (Å²) in [5.74, 6) is 0. The van der Waals surface area contributed by atoms with Crippen molar-refractivity contribution in [2.45, 2.75) is 0 Å². The van der Waals surface area contributed by atoms with Crippen LogP contribution in [0.25, 0.3) is 12.2 Å². The molecule has 0 aliphatic carbocycles. The first-order chi connectivity index (χ1) is 6.88. The van der Waals surface area contributed by atoms with E-state index in [0.717, 1.165) is 11.1 Å². The summed E-state index contributed by atoms with van der Waals surface area (Å²) in [5, 5.41) is 0. The first-order valence-corrected chi connectivity index (χ1v) is 5.22. The minimum Gasteiger partial charge on any atom is -0.759 e. The second kappa shape index (κ2) is 6.13. The zero-order valence-corrected chi connectivity index (χ0v) is 8.74. The third kappa shape index (κ3) is 7.63. The molecule has 15 heavy (non-hydrogen) atoms. The highest BCUT2D eigenvalue weighted by Gasteiger charge is 1.89. The summed E-state index contributed by atoms with van der Waals surface area (Å²) < 4.78 is 34.1. The summed E-state index contributed by atoms with van der Waals surface area (Å²) in [5.41, 5.74) is 2.27. The van der Waals surface area contributed by atoms with Crippen molar-refractivity contribution in [3.05, 3.63) is 48.6 Å². The molecule has 0 radical (unpaired) electrons. The van der Waals surface area contributed by atoms with Crippen molar-refractivity contribution >= 4 is 22.6 Å². The molecular weight excluding hydrogens is 216 g/mol. The third-order valence-electron chi connectivity index (χ3n) is 1.44. The van der Waals surface area contributed by atoms with Gasteiger partial charge in [0.2, 0.25) is 0 Å². The van der Waals surface area contributed by atoms with Crippen LogP contribution in [-0.4, -0.2) is 17.5 Å². The molecule has 0 aromatic heterocycles. The average molecular weight is 226 g/mol. The lowest BCUT2D eigenvalue weighted by Gasteiger charge is -2.06. The SMILES string of the molecule is C=Cc1ccccc1C=C.O=S(=O)([O-])[O-]. The first-order valence-electron chi connectivity index (χ1n) is 3.89. The summed E-state index contributed by atoms with van der Waals surface area (Å²) in [6, 6.07) is 8.02. The summed E-state index contributed by atoms with van der Waals surface area (Å²) in [6.45, 7) is 7.38. The molecule has 5 heteroatoms. The van der Waals surface area contributed by atoms with E-state index in [1.54, 1.807) is 0 Å². The molecule has 0 heterocycles. The van der Waals surface area contributed by atoms with Gasteiger partial charge in [0.25, 0.3) is 0 Å². The molecule has 1 aromatic carbocycles. The van der Waals surface area contributed by atoms with Gasteiger partial charge in [-0.1, -0.05) is 49.6 Å². The maximum absolute atomic E-state index is 8.52. The third-order valence-corrected chi connectivity index (χ3v) is 1.44. The van der Waals surface area contributed by atoms with E-state index in [1.807, 2.05) is 36.4 Å². The Balaban J connectivity index is 0.000000336. The van der Waals surface area contributed by atoms with Crippen molar-refractivity contribution in [2.24, 2.45) is 0 Å². The van der Waals surface area contributed by atoms with Crippen molar-refractivity contribution in [3.63, 3.8) is 0 Å². The zero-order valence-electron chi connectivity index (χ0n) is 7.92. The molecule has 0 amide bonds. The van der Waals surface area contributed by atoms with Crippen LogP contribution in [0.3, 0.4) is 0 Å². The van der Waals surface area contributed by atoms with Gasteiger partial charge in [-0.2, -0.15) is 0 Å². The Morgan fingerprint density at radius 1 is 1.00 bits per heavy atom. The summed E-state index contributed by atoms with van der Waals surface area (Å²) in [7, 11) is -5.17. The highest BCUT2D eigenvalue weighted by Crippen LogP contribution is 2.10. The fourth-order valence-corrected chi connectivity index (χ4v) is 0.883. The topological polar surface area (TPSA) is 80.3 Å². The Hall–Kier alpha value is -1.43. The largest absolute Gasteiger partial charge is 0.759 e. The van der Waals surface area contributed by atoms with Crippen molar-refractivity contribution < 1.29 is 17.5 Å². The number of benzene rings is 1. The minimum absolute atomic E-state index is 1.14. The highest BCUT2D eigenvalue weighted by atomic mass is 32.3. The standard InChI is InChI=1S/C10H10.H2O4S/c1-3-9-7-5-6-8-10(9)4-2;1-5(2,3)4/h3-8H,1-2H2;(H2,1,2,3,4)/p-2. The monoisotopic (exact) mass is 226 g/mol. The number of hydrogen-bond donors (Lipinski definition) is 0. The lowest BCUT2D eigenvalue weighted by Crippen LogP contribution is -1.91. The summed E-state index contributed by atoms with van der Waals surface area (Å²) >= 11 is 0. The van der Waals surface area contributed by atoms with Gasteiger partial charge in [-0.15, -0.1) is 0 Å². The zero-order chi connectivity index (χ0) is 11.9. The van der Waals surface area contributed by atoms with E-state index < -0.39 is 10.4 Å². The van der Waals surface area contributed by atoms with Crippen LogP contribution < -0.4 is 0 Å². The van der Waals surface area contributed by atoms with Crippen molar-refractivity contribution in [3.8, 4) is 0 Å². The molecule has 0 fully saturated rings. The molecular formula is C10H10O4S-2. The molecule has 0 aliphatic heterocycles. The molecule has 1 rings (SSSR count). The minimum atomic E-state index is -5.17. The van der Waals surface area contributed by atoms with Gasteiger partial charge < -0.3 is 9.11 Å². The van der Waals surface area contributed by atoms with Gasteiger partial charge in [0, 0.05) is 10.4 Å². The number of rotatable bonds is 2. The van der Waals surface area contributed by atoms with Crippen molar-refractivity contribution in [2.75, 3.05) is 0 Å². The molecule has 0 unspecified atom stereocenters. The number of hydrogen-bond acceptors (Lipinski definition) is 4. The molecule has 0 aliphatic rings. The highest BCUT2D eigenvalue weighted by molar-refractivity contribution is 7.79. The second-order valence-electron chi connectivity index (χ2n) is 2.45. The molecule has 4 nitrogen and oxygen atoms in total. The maximum Gasteiger partial charge on any atom is 0.0311 e. The summed E-state index contributed by atoms with van der Waals surface area (Å²) in [4.78, 5) is 0. The normalized spacial score (nSPS) is 9.73. The van der Waals surface area contributed by atoms with Gasteiger partial charge >= 0.3 is 0 Å². The predicted octanol–water partition coefficient (Wildman–Crippen LogP) is 1.63. The van der Waals surface area contributed by atoms with E-state index in [0.29, 0.717) is 0 Å². The smallest absolute Gasteiger partial charge is 0.0311 e. The van der Waals surface area contributed by atoms with Gasteiger partial charge in [0.1, 0.15) is 0 Å².